The van der Waals surface area contributed by atoms with Gasteiger partial charge in [0.1, 0.15) is 36.0 Å². The van der Waals surface area contributed by atoms with E-state index in [1.807, 2.05) is 0 Å². The van der Waals surface area contributed by atoms with Crippen LogP contribution in [0.25, 0.3) is 21.5 Å². The number of nitrogens with two attached hydrogens (primary N) is 1. The van der Waals surface area contributed by atoms with E-state index >= 15 is 0 Å². The fraction of sp³-hybridized carbons (Fsp3) is 0.154. The van der Waals surface area contributed by atoms with Crippen LogP contribution in [0.1, 0.15) is 19.8 Å². The van der Waals surface area contributed by atoms with E-state index in [-0.39, 0.29) is 140 Å². The van der Waals surface area contributed by atoms with Crippen molar-refractivity contribution in [2.75, 3.05) is 6.54 Å². The molecule has 0 fully saturated rings. The number of unbranched alkanes of at least 4 members (excludes halogenated alkanes) is 1. The number of nitrogens with zero attached hydrogens (tertiary/aromatic N) is 2. The fourth-order valence-electron chi connectivity index (χ4n) is 4.01. The van der Waals surface area contributed by atoms with Crippen LogP contribution in [0.15, 0.2) is 85.6 Å². The van der Waals surface area contributed by atoms with E-state index in [2.05, 4.69) is 27.8 Å². The Hall–Kier alpha value is -1.44. The van der Waals surface area contributed by atoms with Crippen molar-refractivity contribution in [3.05, 3.63) is 60.7 Å². The fourth-order valence-corrected chi connectivity index (χ4v) is 5.80. The van der Waals surface area contributed by atoms with Gasteiger partial charge in [-0.2, -0.15) is 0 Å². The molecule has 254 valence electrons. The Bertz CT molecular complexity index is 2210. The molecule has 0 atom stereocenters. The second-order valence-corrected chi connectivity index (χ2v) is 13.4. The van der Waals surface area contributed by atoms with Crippen molar-refractivity contribution >= 4 is 87.6 Å². The molecule has 0 unspecified atom stereocenters. The molecular formula is C26H27ClN7Na3O10S3. The Morgan fingerprint density at radius 2 is 1.38 bits per heavy atom. The zero-order chi connectivity index (χ0) is 34.4. The van der Waals surface area contributed by atoms with Gasteiger partial charge in [-0.1, -0.05) is 43.7 Å². The number of rotatable bonds is 8. The summed E-state index contributed by atoms with van der Waals surface area (Å²) in [7, 11) is -15.0. The summed E-state index contributed by atoms with van der Waals surface area (Å²) in [5.74, 6) is -1.19. The van der Waals surface area contributed by atoms with E-state index in [4.69, 9.17) is 16.6 Å². The topological polar surface area (TPSA) is 314 Å². The quantitative estimate of drug-likeness (QED) is 0.0242. The first kappa shape index (κ1) is 50.7. The second kappa shape index (κ2) is 21.3. The third-order valence-corrected chi connectivity index (χ3v) is 8.64. The molecule has 0 amide bonds. The molecule has 0 spiro atoms. The van der Waals surface area contributed by atoms with E-state index in [1.54, 1.807) is 0 Å². The van der Waals surface area contributed by atoms with Gasteiger partial charge < -0.3 is 29.8 Å². The number of aromatic hydroxyl groups is 1. The predicted molar refractivity (Wildman–Crippen MR) is 171 cm³/mol. The summed E-state index contributed by atoms with van der Waals surface area (Å²) in [6, 6.07) is 11.5. The van der Waals surface area contributed by atoms with Gasteiger partial charge in [0.25, 0.3) is 0 Å². The molecule has 50 heavy (non-hydrogen) atoms. The maximum Gasteiger partial charge on any atom is 1.00 e. The monoisotopic (exact) mass is 797 g/mol. The second-order valence-electron chi connectivity index (χ2n) is 9.34. The number of hydrogen-bond donors (Lipinski definition) is 6. The van der Waals surface area contributed by atoms with Crippen molar-refractivity contribution in [3.63, 3.8) is 0 Å². The first-order valence-corrected chi connectivity index (χ1v) is 17.1. The Kier molecular flexibility index (Phi) is 21.6. The average Bonchev–Trinajstić information content (AvgIpc) is 2.94. The molecule has 0 heterocycles. The van der Waals surface area contributed by atoms with Crippen LogP contribution in [0.2, 0.25) is 0 Å². The van der Waals surface area contributed by atoms with E-state index in [1.165, 1.54) is 24.3 Å². The van der Waals surface area contributed by atoms with Gasteiger partial charge in [-0.25, -0.2) is 25.3 Å². The number of nitrogens with one attached hydrogen (secondary N) is 4. The summed E-state index contributed by atoms with van der Waals surface area (Å²) in [6.07, 6.45) is 2.10. The molecule has 0 aliphatic carbocycles. The van der Waals surface area contributed by atoms with Gasteiger partial charge in [0.15, 0.2) is 17.7 Å². The Balaban J connectivity index is 0. The number of guanidine groups is 2. The van der Waals surface area contributed by atoms with Crippen molar-refractivity contribution < 1.29 is 133 Å². The number of phenolic OH excluding ortho intramolecular Hbond substituents is 1. The summed E-state index contributed by atoms with van der Waals surface area (Å²) in [4.78, 5) is -2.35. The molecule has 24 heteroatoms. The van der Waals surface area contributed by atoms with Crippen molar-refractivity contribution in [2.45, 2.75) is 34.5 Å². The van der Waals surface area contributed by atoms with Gasteiger partial charge in [0.05, 0.1) is 20.4 Å². The minimum absolute atomic E-state index is 0. The summed E-state index contributed by atoms with van der Waals surface area (Å²) < 4.78 is 104. The molecule has 0 bridgehead atoms. The molecule has 0 saturated carbocycles. The first-order valence-electron chi connectivity index (χ1n) is 12.9. The molecule has 0 radical (unpaired) electrons. The van der Waals surface area contributed by atoms with Gasteiger partial charge in [-0.3, -0.25) is 16.1 Å². The summed E-state index contributed by atoms with van der Waals surface area (Å²) in [5.41, 5.74) is 4.48. The van der Waals surface area contributed by atoms with E-state index in [9.17, 15) is 44.0 Å². The first-order chi connectivity index (χ1) is 21.3. The summed E-state index contributed by atoms with van der Waals surface area (Å²) in [6.45, 7) is 2.82. The smallest absolute Gasteiger partial charge is 0.744 e. The standard InChI is InChI=1S/C20H14N2O10S3.C6H15N5.ClH.3Na/c23-20-18(35(30,31)32)10-11-9-12(33(24,25)26)5-6-13(11)19(20)22-21-16-7-8-17(34(27,28)29)15-4-2-1-3-14(15)16;1-2-3-4-10-6(9)11-5(7)8;;;;/h1-10,23H,(H,24,25,26)(H,27,28,29)(H,30,31,32);2-4H2,1H3,(H6,7,8,9,10,11);1H;;;/q;;;3*+1/p-3/b22-21+;;;;;. The summed E-state index contributed by atoms with van der Waals surface area (Å²) >= 11 is 0. The predicted octanol–water partition coefficient (Wildman–Crippen LogP) is -5.95. The average molecular weight is 798 g/mol. The van der Waals surface area contributed by atoms with E-state index < -0.39 is 56.5 Å². The van der Waals surface area contributed by atoms with Gasteiger partial charge in [0.2, 0.25) is 0 Å². The van der Waals surface area contributed by atoms with Crippen LogP contribution < -0.4 is 105 Å². The molecule has 0 saturated heterocycles. The maximum absolute atomic E-state index is 11.7. The Morgan fingerprint density at radius 3 is 1.90 bits per heavy atom. The van der Waals surface area contributed by atoms with E-state index in [0.717, 1.165) is 49.7 Å². The molecule has 17 nitrogen and oxygen atoms in total. The number of halogens is 1. The van der Waals surface area contributed by atoms with Gasteiger partial charge in [-0.05, 0) is 42.1 Å². The Labute approximate surface area is 360 Å². The molecule has 0 aromatic heterocycles. The van der Waals surface area contributed by atoms with Crippen LogP contribution in [0.3, 0.4) is 0 Å². The van der Waals surface area contributed by atoms with Crippen molar-refractivity contribution in [2.24, 2.45) is 16.0 Å². The number of phenols is 1. The minimum atomic E-state index is -5.27. The van der Waals surface area contributed by atoms with Crippen molar-refractivity contribution in [1.82, 2.24) is 10.6 Å². The molecular weight excluding hydrogens is 771 g/mol. The molecule has 0 aliphatic rings. The van der Waals surface area contributed by atoms with Gasteiger partial charge in [0, 0.05) is 22.7 Å². The number of fused-ring (bicyclic) bond motifs is 2. The molecule has 4 aromatic carbocycles. The minimum Gasteiger partial charge on any atom is -0.744 e. The van der Waals surface area contributed by atoms with Crippen LogP contribution in [-0.4, -0.2) is 62.5 Å². The van der Waals surface area contributed by atoms with E-state index in [0.29, 0.717) is 6.07 Å². The third-order valence-electron chi connectivity index (χ3n) is 6.06. The van der Waals surface area contributed by atoms with Crippen LogP contribution in [0.4, 0.5) is 11.4 Å². The zero-order valence-electron chi connectivity index (χ0n) is 27.1. The maximum atomic E-state index is 11.7. The number of benzene rings is 4. The zero-order valence-corrected chi connectivity index (χ0v) is 36.4. The molecule has 0 aliphatic heterocycles. The van der Waals surface area contributed by atoms with Gasteiger partial charge >= 0.3 is 88.7 Å². The van der Waals surface area contributed by atoms with Gasteiger partial charge in [-0.15, -0.1) is 22.6 Å². The Morgan fingerprint density at radius 1 is 0.800 bits per heavy atom. The largest absolute Gasteiger partial charge is 1.00 e. The van der Waals surface area contributed by atoms with Crippen LogP contribution >= 0.6 is 12.4 Å². The number of hydrogen-bond acceptors (Lipinski definition) is 14. The van der Waals surface area contributed by atoms with Crippen LogP contribution in [-0.2, 0) is 30.4 Å². The molecule has 4 aromatic rings. The van der Waals surface area contributed by atoms with Crippen molar-refractivity contribution in [1.29, 1.82) is 10.8 Å². The normalized spacial score (nSPS) is 11.1. The summed E-state index contributed by atoms with van der Waals surface area (Å²) in [5, 5.41) is 37.2. The van der Waals surface area contributed by atoms with Crippen LogP contribution in [0, 0.1) is 10.8 Å². The number of azo groups is 1. The SMILES string of the molecule is CCCCNC(=N)NC(=N)N.Cl.O=S(=O)([O-])c1ccc2c(/N=N/c3ccc(S(=O)(=O)[O-])c4ccccc34)c(O)c(S(=O)(=O)[O-])cc2c1.[Na+].[Na+].[Na+]. The van der Waals surface area contributed by atoms with Crippen molar-refractivity contribution in [3.8, 4) is 5.75 Å². The molecule has 7 N–H and O–H groups in total. The molecule has 4 rings (SSSR count). The van der Waals surface area contributed by atoms with Crippen LogP contribution in [0.5, 0.6) is 5.75 Å². The third kappa shape index (κ3) is 13.8.